The summed E-state index contributed by atoms with van der Waals surface area (Å²) in [5, 5.41) is 5.19. The molecule has 0 radical (unpaired) electrons. The van der Waals surface area contributed by atoms with Gasteiger partial charge in [-0.3, -0.25) is 9.69 Å². The Morgan fingerprint density at radius 3 is 2.84 bits per heavy atom. The lowest BCUT2D eigenvalue weighted by atomic mass is 10.0. The standard InChI is InChI=1S/C25H25N3OS2/c1-3-28-12-11-18-21(15-28)31-25(27-22(29)14-17-8-6-7-16(2)13-17)23(18)24-26-19-9-4-5-10-20(19)30-24/h4-10,13H,3,11-12,14-15H2,1-2H3,(H,27,29). The van der Waals surface area contributed by atoms with Crippen molar-refractivity contribution in [1.82, 2.24) is 9.88 Å². The number of likely N-dealkylation sites (N-methyl/N-ethyl adjacent to an activating group) is 1. The highest BCUT2D eigenvalue weighted by Gasteiger charge is 2.27. The van der Waals surface area contributed by atoms with Crippen LogP contribution in [0.5, 0.6) is 0 Å². The van der Waals surface area contributed by atoms with Crippen LogP contribution >= 0.6 is 22.7 Å². The number of rotatable bonds is 5. The van der Waals surface area contributed by atoms with Gasteiger partial charge < -0.3 is 5.32 Å². The lowest BCUT2D eigenvalue weighted by molar-refractivity contribution is -0.115. The fraction of sp³-hybridized carbons (Fsp3) is 0.280. The average Bonchev–Trinajstić information content (AvgIpc) is 3.33. The van der Waals surface area contributed by atoms with E-state index in [1.165, 1.54) is 20.7 Å². The van der Waals surface area contributed by atoms with Gasteiger partial charge in [-0.2, -0.15) is 0 Å². The van der Waals surface area contributed by atoms with E-state index < -0.39 is 0 Å². The number of fused-ring (bicyclic) bond motifs is 2. The predicted molar refractivity (Wildman–Crippen MR) is 131 cm³/mol. The molecule has 0 unspecified atom stereocenters. The number of hydrogen-bond acceptors (Lipinski definition) is 5. The first-order chi connectivity index (χ1) is 15.1. The first-order valence-corrected chi connectivity index (χ1v) is 12.3. The van der Waals surface area contributed by atoms with Gasteiger partial charge in [0.05, 0.1) is 16.6 Å². The molecule has 1 amide bonds. The summed E-state index contributed by atoms with van der Waals surface area (Å²) >= 11 is 3.43. The Hall–Kier alpha value is -2.54. The molecule has 0 saturated heterocycles. The fourth-order valence-electron chi connectivity index (χ4n) is 4.20. The van der Waals surface area contributed by atoms with E-state index in [1.54, 1.807) is 22.7 Å². The van der Waals surface area contributed by atoms with Crippen molar-refractivity contribution in [1.29, 1.82) is 0 Å². The van der Waals surface area contributed by atoms with Crippen molar-refractivity contribution >= 4 is 43.8 Å². The Labute approximate surface area is 190 Å². The van der Waals surface area contributed by atoms with E-state index in [4.69, 9.17) is 4.98 Å². The third-order valence-corrected chi connectivity index (χ3v) is 7.98. The molecule has 4 aromatic rings. The van der Waals surface area contributed by atoms with E-state index in [9.17, 15) is 4.79 Å². The van der Waals surface area contributed by atoms with Crippen LogP contribution in [0.15, 0.2) is 48.5 Å². The molecule has 0 spiro atoms. The highest BCUT2D eigenvalue weighted by molar-refractivity contribution is 7.22. The minimum Gasteiger partial charge on any atom is -0.317 e. The molecular weight excluding hydrogens is 422 g/mol. The second-order valence-corrected chi connectivity index (χ2v) is 10.2. The Balaban J connectivity index is 1.51. The molecule has 2 aromatic carbocycles. The largest absolute Gasteiger partial charge is 0.317 e. The number of hydrogen-bond donors (Lipinski definition) is 1. The zero-order chi connectivity index (χ0) is 21.4. The number of amides is 1. The molecule has 1 N–H and O–H groups in total. The van der Waals surface area contributed by atoms with Crippen molar-refractivity contribution in [3.63, 3.8) is 0 Å². The Morgan fingerprint density at radius 2 is 2.03 bits per heavy atom. The summed E-state index contributed by atoms with van der Waals surface area (Å²) in [6.45, 7) is 7.30. The molecule has 1 aliphatic heterocycles. The van der Waals surface area contributed by atoms with Crippen molar-refractivity contribution in [2.24, 2.45) is 0 Å². The molecule has 31 heavy (non-hydrogen) atoms. The second-order valence-electron chi connectivity index (χ2n) is 8.03. The Morgan fingerprint density at radius 1 is 1.16 bits per heavy atom. The minimum atomic E-state index is 0.0268. The van der Waals surface area contributed by atoms with Gasteiger partial charge >= 0.3 is 0 Å². The van der Waals surface area contributed by atoms with Gasteiger partial charge in [0.15, 0.2) is 0 Å². The molecule has 0 saturated carbocycles. The number of thiazole rings is 1. The number of aryl methyl sites for hydroxylation is 1. The molecule has 6 heteroatoms. The average molecular weight is 448 g/mol. The van der Waals surface area contributed by atoms with Crippen LogP contribution in [0.1, 0.15) is 28.5 Å². The minimum absolute atomic E-state index is 0.0268. The Bertz CT molecular complexity index is 1220. The Kier molecular flexibility index (Phi) is 5.61. The summed E-state index contributed by atoms with van der Waals surface area (Å²) in [7, 11) is 0. The molecule has 3 heterocycles. The van der Waals surface area contributed by atoms with Gasteiger partial charge in [-0.15, -0.1) is 22.7 Å². The number of nitrogens with zero attached hydrogens (tertiary/aromatic N) is 2. The van der Waals surface area contributed by atoms with Crippen LogP contribution in [0.3, 0.4) is 0 Å². The summed E-state index contributed by atoms with van der Waals surface area (Å²) < 4.78 is 1.18. The SMILES string of the molecule is CCN1CCc2c(sc(NC(=O)Cc3cccc(C)c3)c2-c2nc3ccccc3s2)C1. The molecule has 0 aliphatic carbocycles. The monoisotopic (exact) mass is 447 g/mol. The van der Waals surface area contributed by atoms with E-state index in [1.807, 2.05) is 18.2 Å². The number of para-hydroxylation sites is 1. The van der Waals surface area contributed by atoms with Gasteiger partial charge in [-0.05, 0) is 43.1 Å². The number of carbonyl (C=O) groups is 1. The van der Waals surface area contributed by atoms with Crippen molar-refractivity contribution in [3.8, 4) is 10.6 Å². The lowest BCUT2D eigenvalue weighted by Gasteiger charge is -2.25. The van der Waals surface area contributed by atoms with E-state index in [0.717, 1.165) is 52.7 Å². The molecule has 5 rings (SSSR count). The van der Waals surface area contributed by atoms with Crippen LogP contribution in [-0.2, 0) is 24.2 Å². The summed E-state index contributed by atoms with van der Waals surface area (Å²) in [5.41, 5.74) is 5.73. The van der Waals surface area contributed by atoms with Gasteiger partial charge in [-0.1, -0.05) is 48.9 Å². The molecule has 1 aliphatic rings. The zero-order valence-electron chi connectivity index (χ0n) is 17.8. The normalized spacial score (nSPS) is 14.0. The maximum Gasteiger partial charge on any atom is 0.229 e. The van der Waals surface area contributed by atoms with Gasteiger partial charge in [0.25, 0.3) is 0 Å². The number of benzene rings is 2. The highest BCUT2D eigenvalue weighted by atomic mass is 32.1. The fourth-order valence-corrected chi connectivity index (χ4v) is 6.61. The van der Waals surface area contributed by atoms with E-state index in [0.29, 0.717) is 6.42 Å². The molecule has 158 valence electrons. The summed E-state index contributed by atoms with van der Waals surface area (Å²) in [5.74, 6) is 0.0268. The molecule has 0 atom stereocenters. The maximum atomic E-state index is 13.0. The second kappa shape index (κ2) is 8.54. The van der Waals surface area contributed by atoms with Gasteiger partial charge in [-0.25, -0.2) is 4.98 Å². The van der Waals surface area contributed by atoms with Crippen molar-refractivity contribution in [3.05, 3.63) is 70.1 Å². The van der Waals surface area contributed by atoms with E-state index in [-0.39, 0.29) is 5.91 Å². The highest BCUT2D eigenvalue weighted by Crippen LogP contribution is 2.45. The van der Waals surface area contributed by atoms with Crippen LogP contribution in [-0.4, -0.2) is 28.9 Å². The summed E-state index contributed by atoms with van der Waals surface area (Å²) in [4.78, 5) is 21.7. The predicted octanol–water partition coefficient (Wildman–Crippen LogP) is 5.89. The molecular formula is C25H25N3OS2. The summed E-state index contributed by atoms with van der Waals surface area (Å²) in [6, 6.07) is 16.4. The molecule has 2 aromatic heterocycles. The number of carbonyl (C=O) groups excluding carboxylic acids is 1. The van der Waals surface area contributed by atoms with Gasteiger partial charge in [0.2, 0.25) is 5.91 Å². The lowest BCUT2D eigenvalue weighted by Crippen LogP contribution is -2.29. The number of nitrogens with one attached hydrogen (secondary N) is 1. The topological polar surface area (TPSA) is 45.2 Å². The number of aromatic nitrogens is 1. The van der Waals surface area contributed by atoms with Crippen molar-refractivity contribution < 1.29 is 4.79 Å². The van der Waals surface area contributed by atoms with Crippen LogP contribution in [0, 0.1) is 6.92 Å². The smallest absolute Gasteiger partial charge is 0.229 e. The van der Waals surface area contributed by atoms with Crippen molar-refractivity contribution in [2.75, 3.05) is 18.4 Å². The number of thiophene rings is 1. The molecule has 0 fully saturated rings. The van der Waals surface area contributed by atoms with Gasteiger partial charge in [0.1, 0.15) is 10.0 Å². The quantitative estimate of drug-likeness (QED) is 0.415. The van der Waals surface area contributed by atoms with Crippen molar-refractivity contribution in [2.45, 2.75) is 33.2 Å². The molecule has 0 bridgehead atoms. The summed E-state index contributed by atoms with van der Waals surface area (Å²) in [6.07, 6.45) is 1.38. The zero-order valence-corrected chi connectivity index (χ0v) is 19.4. The van der Waals surface area contributed by atoms with Crippen LogP contribution in [0.2, 0.25) is 0 Å². The van der Waals surface area contributed by atoms with Gasteiger partial charge in [0, 0.05) is 23.5 Å². The third-order valence-electron chi connectivity index (χ3n) is 5.79. The van der Waals surface area contributed by atoms with Crippen LogP contribution in [0.25, 0.3) is 20.8 Å². The number of anilines is 1. The van der Waals surface area contributed by atoms with E-state index in [2.05, 4.69) is 54.4 Å². The molecule has 4 nitrogen and oxygen atoms in total. The van der Waals surface area contributed by atoms with E-state index >= 15 is 0 Å². The van der Waals surface area contributed by atoms with Crippen LogP contribution in [0.4, 0.5) is 5.00 Å². The first-order valence-electron chi connectivity index (χ1n) is 10.7. The first kappa shape index (κ1) is 20.4. The van der Waals surface area contributed by atoms with Crippen LogP contribution < -0.4 is 5.32 Å². The third kappa shape index (κ3) is 4.15. The maximum absolute atomic E-state index is 13.0.